The largest absolute Gasteiger partial charge is 0.481 e. The average molecular weight is 317 g/mol. The first kappa shape index (κ1) is 17.4. The number of carbonyl (C=O) groups excluding carboxylic acids is 1. The zero-order valence-electron chi connectivity index (χ0n) is 11.7. The molecule has 2 unspecified atom stereocenters. The van der Waals surface area contributed by atoms with E-state index in [9.17, 15) is 18.4 Å². The highest BCUT2D eigenvalue weighted by Gasteiger charge is 2.20. The first-order chi connectivity index (χ1) is 9.81. The summed E-state index contributed by atoms with van der Waals surface area (Å²) in [6.45, 7) is 3.14. The van der Waals surface area contributed by atoms with Crippen molar-refractivity contribution in [3.05, 3.63) is 29.8 Å². The SMILES string of the molecule is CC(NC(=O)CCSc1ccc(F)c(F)c1)C(C)C(=O)O. The number of carbonyl (C=O) groups is 2. The fraction of sp³-hybridized carbons (Fsp3) is 0.429. The number of thioether (sulfide) groups is 1. The van der Waals surface area contributed by atoms with Gasteiger partial charge in [0.15, 0.2) is 11.6 Å². The van der Waals surface area contributed by atoms with Crippen molar-refractivity contribution in [2.45, 2.75) is 31.2 Å². The average Bonchev–Trinajstić information content (AvgIpc) is 2.41. The zero-order chi connectivity index (χ0) is 16.0. The maximum atomic E-state index is 13.0. The molecule has 0 aliphatic heterocycles. The van der Waals surface area contributed by atoms with E-state index in [-0.39, 0.29) is 12.3 Å². The molecule has 116 valence electrons. The Morgan fingerprint density at radius 1 is 1.29 bits per heavy atom. The first-order valence-electron chi connectivity index (χ1n) is 6.41. The number of hydrogen-bond acceptors (Lipinski definition) is 3. The maximum absolute atomic E-state index is 13.0. The number of nitrogens with one attached hydrogen (secondary N) is 1. The fourth-order valence-electron chi connectivity index (χ4n) is 1.49. The molecule has 1 amide bonds. The Morgan fingerprint density at radius 3 is 2.52 bits per heavy atom. The Morgan fingerprint density at radius 2 is 1.95 bits per heavy atom. The molecular weight excluding hydrogens is 300 g/mol. The van der Waals surface area contributed by atoms with Crippen LogP contribution in [0.4, 0.5) is 8.78 Å². The van der Waals surface area contributed by atoms with Crippen LogP contribution in [0.1, 0.15) is 20.3 Å². The second kappa shape index (κ2) is 7.97. The predicted molar refractivity (Wildman–Crippen MR) is 76.1 cm³/mol. The van der Waals surface area contributed by atoms with Gasteiger partial charge in [0.25, 0.3) is 0 Å². The normalized spacial score (nSPS) is 13.5. The fourth-order valence-corrected chi connectivity index (χ4v) is 2.37. The van der Waals surface area contributed by atoms with Crippen LogP contribution in [0.2, 0.25) is 0 Å². The van der Waals surface area contributed by atoms with Crippen molar-refractivity contribution in [3.63, 3.8) is 0 Å². The second-order valence-electron chi connectivity index (χ2n) is 4.66. The van der Waals surface area contributed by atoms with Crippen LogP contribution in [0.3, 0.4) is 0 Å². The molecule has 0 bridgehead atoms. The van der Waals surface area contributed by atoms with Crippen molar-refractivity contribution in [2.75, 3.05) is 5.75 Å². The summed E-state index contributed by atoms with van der Waals surface area (Å²) in [6.07, 6.45) is 0.167. The van der Waals surface area contributed by atoms with E-state index in [1.165, 1.54) is 24.8 Å². The molecule has 0 fully saturated rings. The third-order valence-corrected chi connectivity index (χ3v) is 4.01. The predicted octanol–water partition coefficient (Wildman–Crippen LogP) is 2.67. The smallest absolute Gasteiger partial charge is 0.308 e. The minimum atomic E-state index is -0.973. The van der Waals surface area contributed by atoms with Crippen LogP contribution in [-0.2, 0) is 9.59 Å². The Bertz CT molecular complexity index is 525. The van der Waals surface area contributed by atoms with Gasteiger partial charge >= 0.3 is 5.97 Å². The van der Waals surface area contributed by atoms with Crippen molar-refractivity contribution in [1.29, 1.82) is 0 Å². The van der Waals surface area contributed by atoms with E-state index in [1.54, 1.807) is 6.92 Å². The Kier molecular flexibility index (Phi) is 6.61. The van der Waals surface area contributed by atoms with Crippen LogP contribution >= 0.6 is 11.8 Å². The van der Waals surface area contributed by atoms with Gasteiger partial charge in [-0.1, -0.05) is 0 Å². The van der Waals surface area contributed by atoms with E-state index < -0.39 is 29.6 Å². The summed E-state index contributed by atoms with van der Waals surface area (Å²) in [4.78, 5) is 22.9. The Balaban J connectivity index is 2.36. The number of benzene rings is 1. The third kappa shape index (κ3) is 5.71. The van der Waals surface area contributed by atoms with E-state index in [1.807, 2.05) is 0 Å². The van der Waals surface area contributed by atoms with Gasteiger partial charge in [0.05, 0.1) is 5.92 Å². The topological polar surface area (TPSA) is 66.4 Å². The molecule has 0 spiro atoms. The lowest BCUT2D eigenvalue weighted by molar-refractivity contribution is -0.142. The highest BCUT2D eigenvalue weighted by Crippen LogP contribution is 2.21. The molecule has 0 aliphatic rings. The monoisotopic (exact) mass is 317 g/mol. The van der Waals surface area contributed by atoms with Crippen LogP contribution in [0, 0.1) is 17.6 Å². The molecular formula is C14H17F2NO3S. The summed E-state index contributed by atoms with van der Waals surface area (Å²) in [7, 11) is 0. The lowest BCUT2D eigenvalue weighted by Gasteiger charge is -2.17. The van der Waals surface area contributed by atoms with Crippen LogP contribution in [0.25, 0.3) is 0 Å². The van der Waals surface area contributed by atoms with Crippen molar-refractivity contribution in [2.24, 2.45) is 5.92 Å². The number of halogens is 2. The van der Waals surface area contributed by atoms with Crippen LogP contribution in [-0.4, -0.2) is 28.8 Å². The van der Waals surface area contributed by atoms with E-state index in [4.69, 9.17) is 5.11 Å². The maximum Gasteiger partial charge on any atom is 0.308 e. The molecule has 1 aromatic carbocycles. The van der Waals surface area contributed by atoms with Gasteiger partial charge < -0.3 is 10.4 Å². The number of carboxylic acids is 1. The molecule has 21 heavy (non-hydrogen) atoms. The van der Waals surface area contributed by atoms with Gasteiger partial charge in [0.2, 0.25) is 5.91 Å². The molecule has 0 aliphatic carbocycles. The number of amides is 1. The van der Waals surface area contributed by atoms with E-state index in [0.29, 0.717) is 10.6 Å². The highest BCUT2D eigenvalue weighted by molar-refractivity contribution is 7.99. The van der Waals surface area contributed by atoms with Gasteiger partial charge in [-0.3, -0.25) is 9.59 Å². The van der Waals surface area contributed by atoms with Crippen molar-refractivity contribution in [1.82, 2.24) is 5.32 Å². The summed E-state index contributed by atoms with van der Waals surface area (Å²) >= 11 is 1.23. The summed E-state index contributed by atoms with van der Waals surface area (Å²) in [5, 5.41) is 11.4. The molecule has 4 nitrogen and oxygen atoms in total. The number of carboxylic acid groups (broad SMARTS) is 1. The van der Waals surface area contributed by atoms with E-state index in [2.05, 4.69) is 5.32 Å². The molecule has 1 rings (SSSR count). The molecule has 0 radical (unpaired) electrons. The molecule has 2 atom stereocenters. The quantitative estimate of drug-likeness (QED) is 0.759. The molecule has 2 N–H and O–H groups in total. The first-order valence-corrected chi connectivity index (χ1v) is 7.40. The standard InChI is InChI=1S/C14H17F2NO3S/c1-8(14(19)20)9(2)17-13(18)5-6-21-10-3-4-11(15)12(16)7-10/h3-4,7-9H,5-6H2,1-2H3,(H,17,18)(H,19,20). The van der Waals surface area contributed by atoms with E-state index >= 15 is 0 Å². The highest BCUT2D eigenvalue weighted by atomic mass is 32.2. The summed E-state index contributed by atoms with van der Waals surface area (Å²) in [5.41, 5.74) is 0. The Labute approximate surface area is 125 Å². The molecule has 1 aromatic rings. The molecule has 7 heteroatoms. The molecule has 0 saturated heterocycles. The molecule has 0 saturated carbocycles. The lowest BCUT2D eigenvalue weighted by atomic mass is 10.0. The van der Waals surface area contributed by atoms with Gasteiger partial charge in [-0.15, -0.1) is 11.8 Å². The number of rotatable bonds is 7. The minimum absolute atomic E-state index is 0.167. The van der Waals surface area contributed by atoms with Gasteiger partial charge in [-0.2, -0.15) is 0 Å². The summed E-state index contributed by atoms with van der Waals surface area (Å²) in [6, 6.07) is 3.08. The van der Waals surface area contributed by atoms with Gasteiger partial charge in [-0.25, -0.2) is 8.78 Å². The minimum Gasteiger partial charge on any atom is -0.481 e. The number of aliphatic carboxylic acids is 1. The zero-order valence-corrected chi connectivity index (χ0v) is 12.5. The van der Waals surface area contributed by atoms with Gasteiger partial charge in [0, 0.05) is 23.1 Å². The summed E-state index contributed by atoms with van der Waals surface area (Å²) < 4.78 is 25.7. The molecule has 0 aromatic heterocycles. The van der Waals surface area contributed by atoms with Crippen molar-refractivity contribution < 1.29 is 23.5 Å². The van der Waals surface area contributed by atoms with Crippen LogP contribution in [0.15, 0.2) is 23.1 Å². The third-order valence-electron chi connectivity index (χ3n) is 3.02. The van der Waals surface area contributed by atoms with E-state index in [0.717, 1.165) is 12.1 Å². The lowest BCUT2D eigenvalue weighted by Crippen LogP contribution is -2.40. The summed E-state index contributed by atoms with van der Waals surface area (Å²) in [5.74, 6) is -3.36. The second-order valence-corrected chi connectivity index (χ2v) is 5.83. The van der Waals surface area contributed by atoms with Crippen molar-refractivity contribution in [3.8, 4) is 0 Å². The van der Waals surface area contributed by atoms with Crippen LogP contribution < -0.4 is 5.32 Å². The number of hydrogen-bond donors (Lipinski definition) is 2. The van der Waals surface area contributed by atoms with Gasteiger partial charge in [-0.05, 0) is 32.0 Å². The van der Waals surface area contributed by atoms with Crippen LogP contribution in [0.5, 0.6) is 0 Å². The van der Waals surface area contributed by atoms with Gasteiger partial charge in [0.1, 0.15) is 0 Å². The van der Waals surface area contributed by atoms with Crippen molar-refractivity contribution >= 4 is 23.6 Å². The Hall–Kier alpha value is -1.63. The molecule has 0 heterocycles.